The van der Waals surface area contributed by atoms with Gasteiger partial charge >= 0.3 is 6.03 Å². The lowest BCUT2D eigenvalue weighted by molar-refractivity contribution is -0.122. The minimum atomic E-state index is -0.714. The van der Waals surface area contributed by atoms with Gasteiger partial charge in [0.2, 0.25) is 0 Å². The van der Waals surface area contributed by atoms with Gasteiger partial charge in [-0.15, -0.1) is 0 Å². The first-order valence-corrected chi connectivity index (χ1v) is 7.68. The van der Waals surface area contributed by atoms with Crippen molar-refractivity contribution in [3.05, 3.63) is 53.6 Å². The van der Waals surface area contributed by atoms with Crippen LogP contribution in [0, 0.1) is 0 Å². The van der Waals surface area contributed by atoms with Crippen molar-refractivity contribution in [3.8, 4) is 5.75 Å². The van der Waals surface area contributed by atoms with Gasteiger partial charge in [-0.25, -0.2) is 4.79 Å². The Balaban J connectivity index is 1.94. The van der Waals surface area contributed by atoms with E-state index in [4.69, 9.17) is 16.3 Å². The fourth-order valence-electron chi connectivity index (χ4n) is 1.86. The van der Waals surface area contributed by atoms with Gasteiger partial charge in [0.25, 0.3) is 5.91 Å². The molecule has 0 bridgehead atoms. The highest BCUT2D eigenvalue weighted by Crippen LogP contribution is 2.24. The summed E-state index contributed by atoms with van der Waals surface area (Å²) in [5.74, 6) is 0.147. The first-order valence-electron chi connectivity index (χ1n) is 7.30. The number of ether oxygens (including phenoxy) is 1. The zero-order valence-corrected chi connectivity index (χ0v) is 14.1. The van der Waals surface area contributed by atoms with Crippen molar-refractivity contribution >= 4 is 34.9 Å². The minimum absolute atomic E-state index is 0.304. The van der Waals surface area contributed by atoms with Crippen LogP contribution in [0.15, 0.2) is 48.5 Å². The lowest BCUT2D eigenvalue weighted by Gasteiger charge is -2.15. The highest BCUT2D eigenvalue weighted by Gasteiger charge is 2.16. The lowest BCUT2D eigenvalue weighted by Crippen LogP contribution is -2.30. The summed E-state index contributed by atoms with van der Waals surface area (Å²) in [4.78, 5) is 23.4. The molecule has 0 aliphatic heterocycles. The van der Waals surface area contributed by atoms with Crippen LogP contribution in [-0.2, 0) is 4.79 Å². The number of amides is 3. The van der Waals surface area contributed by atoms with Crippen LogP contribution in [0.5, 0.6) is 5.75 Å². The number of para-hydroxylation sites is 1. The molecular formula is C17H18ClN3O3. The van der Waals surface area contributed by atoms with Crippen LogP contribution in [0.4, 0.5) is 16.2 Å². The van der Waals surface area contributed by atoms with E-state index in [0.717, 1.165) is 0 Å². The maximum Gasteiger partial charge on any atom is 0.318 e. The molecule has 0 heterocycles. The van der Waals surface area contributed by atoms with Gasteiger partial charge in [-0.3, -0.25) is 4.79 Å². The highest BCUT2D eigenvalue weighted by molar-refractivity contribution is 6.32. The monoisotopic (exact) mass is 347 g/mol. The second-order valence-electron chi connectivity index (χ2n) is 4.96. The Morgan fingerprint density at radius 2 is 1.58 bits per heavy atom. The number of nitrogens with one attached hydrogen (secondary N) is 3. The number of urea groups is 1. The van der Waals surface area contributed by atoms with Gasteiger partial charge in [0.05, 0.1) is 5.02 Å². The largest absolute Gasteiger partial charge is 0.479 e. The summed E-state index contributed by atoms with van der Waals surface area (Å²) < 4.78 is 5.56. The van der Waals surface area contributed by atoms with Crippen molar-refractivity contribution in [2.24, 2.45) is 0 Å². The fraction of sp³-hybridized carbons (Fsp3) is 0.176. The molecule has 0 fully saturated rings. The molecule has 6 nitrogen and oxygen atoms in total. The van der Waals surface area contributed by atoms with Crippen LogP contribution < -0.4 is 20.7 Å². The van der Waals surface area contributed by atoms with Crippen LogP contribution in [0.2, 0.25) is 5.02 Å². The van der Waals surface area contributed by atoms with E-state index in [9.17, 15) is 9.59 Å². The molecule has 3 amide bonds. The summed E-state index contributed by atoms with van der Waals surface area (Å²) in [6, 6.07) is 13.4. The molecule has 1 unspecified atom stereocenters. The Kier molecular flexibility index (Phi) is 6.03. The summed E-state index contributed by atoms with van der Waals surface area (Å²) in [6.07, 6.45) is -0.714. The smallest absolute Gasteiger partial charge is 0.318 e. The van der Waals surface area contributed by atoms with E-state index in [1.165, 1.54) is 7.05 Å². The van der Waals surface area contributed by atoms with Gasteiger partial charge in [-0.1, -0.05) is 23.7 Å². The molecule has 126 valence electrons. The van der Waals surface area contributed by atoms with Crippen LogP contribution in [-0.4, -0.2) is 25.1 Å². The van der Waals surface area contributed by atoms with Gasteiger partial charge in [-0.05, 0) is 43.3 Å². The van der Waals surface area contributed by atoms with E-state index < -0.39 is 6.10 Å². The zero-order chi connectivity index (χ0) is 17.5. The SMILES string of the molecule is CNC(=O)Nc1ccc(NC(=O)C(C)Oc2ccccc2Cl)cc1. The fourth-order valence-corrected chi connectivity index (χ4v) is 2.04. The van der Waals surface area contributed by atoms with E-state index in [-0.39, 0.29) is 11.9 Å². The molecular weight excluding hydrogens is 330 g/mol. The summed E-state index contributed by atoms with van der Waals surface area (Å²) in [5, 5.41) is 8.27. The van der Waals surface area contributed by atoms with Crippen molar-refractivity contribution in [1.82, 2.24) is 5.32 Å². The second kappa shape index (κ2) is 8.21. The average Bonchev–Trinajstić information content (AvgIpc) is 2.58. The topological polar surface area (TPSA) is 79.5 Å². The predicted molar refractivity (Wildman–Crippen MR) is 94.7 cm³/mol. The van der Waals surface area contributed by atoms with Gasteiger partial charge in [0.1, 0.15) is 5.75 Å². The van der Waals surface area contributed by atoms with Crippen molar-refractivity contribution in [2.45, 2.75) is 13.0 Å². The van der Waals surface area contributed by atoms with E-state index >= 15 is 0 Å². The van der Waals surface area contributed by atoms with Crippen LogP contribution in [0.3, 0.4) is 0 Å². The first kappa shape index (κ1) is 17.6. The molecule has 3 N–H and O–H groups in total. The van der Waals surface area contributed by atoms with E-state index in [1.54, 1.807) is 55.5 Å². The number of anilines is 2. The Hall–Kier alpha value is -2.73. The summed E-state index contributed by atoms with van der Waals surface area (Å²) >= 11 is 6.01. The summed E-state index contributed by atoms with van der Waals surface area (Å²) in [7, 11) is 1.53. The number of hydrogen-bond donors (Lipinski definition) is 3. The van der Waals surface area contributed by atoms with Crippen molar-refractivity contribution < 1.29 is 14.3 Å². The van der Waals surface area contributed by atoms with Crippen molar-refractivity contribution in [2.75, 3.05) is 17.7 Å². The van der Waals surface area contributed by atoms with Crippen LogP contribution >= 0.6 is 11.6 Å². The lowest BCUT2D eigenvalue weighted by atomic mass is 10.2. The van der Waals surface area contributed by atoms with Gasteiger partial charge in [-0.2, -0.15) is 0 Å². The van der Waals surface area contributed by atoms with Gasteiger partial charge in [0.15, 0.2) is 6.10 Å². The Morgan fingerprint density at radius 1 is 1.00 bits per heavy atom. The molecule has 1 atom stereocenters. The third kappa shape index (κ3) is 4.89. The molecule has 0 spiro atoms. The normalized spacial score (nSPS) is 11.3. The van der Waals surface area contributed by atoms with Crippen LogP contribution in [0.1, 0.15) is 6.92 Å². The third-order valence-corrected chi connectivity index (χ3v) is 3.46. The average molecular weight is 348 g/mol. The highest BCUT2D eigenvalue weighted by atomic mass is 35.5. The number of benzene rings is 2. The molecule has 2 aromatic rings. The van der Waals surface area contributed by atoms with Crippen LogP contribution in [0.25, 0.3) is 0 Å². The molecule has 2 rings (SSSR count). The first-order chi connectivity index (χ1) is 11.5. The zero-order valence-electron chi connectivity index (χ0n) is 13.3. The third-order valence-electron chi connectivity index (χ3n) is 3.15. The number of carbonyl (C=O) groups is 2. The van der Waals surface area contributed by atoms with Gasteiger partial charge in [0, 0.05) is 18.4 Å². The maximum atomic E-state index is 12.2. The molecule has 0 saturated carbocycles. The van der Waals surface area contributed by atoms with Gasteiger partial charge < -0.3 is 20.7 Å². The van der Waals surface area contributed by atoms with Crippen molar-refractivity contribution in [3.63, 3.8) is 0 Å². The molecule has 0 aliphatic rings. The summed E-state index contributed by atoms with van der Waals surface area (Å²) in [6.45, 7) is 1.64. The molecule has 7 heteroatoms. The number of halogens is 1. The second-order valence-corrected chi connectivity index (χ2v) is 5.37. The molecule has 0 aromatic heterocycles. The maximum absolute atomic E-state index is 12.2. The molecule has 0 aliphatic carbocycles. The molecule has 0 saturated heterocycles. The van der Waals surface area contributed by atoms with E-state index in [2.05, 4.69) is 16.0 Å². The summed E-state index contributed by atoms with van der Waals surface area (Å²) in [5.41, 5.74) is 1.21. The molecule has 0 radical (unpaired) electrons. The molecule has 24 heavy (non-hydrogen) atoms. The Bertz CT molecular complexity index is 719. The van der Waals surface area contributed by atoms with Crippen molar-refractivity contribution in [1.29, 1.82) is 0 Å². The molecule has 2 aromatic carbocycles. The Labute approximate surface area is 145 Å². The number of carbonyl (C=O) groups excluding carboxylic acids is 2. The Morgan fingerprint density at radius 3 is 2.17 bits per heavy atom. The standard InChI is InChI=1S/C17H18ClN3O3/c1-11(24-15-6-4-3-5-14(15)18)16(22)20-12-7-9-13(10-8-12)21-17(23)19-2/h3-11H,1-2H3,(H,20,22)(H2,19,21,23). The number of rotatable bonds is 5. The van der Waals surface area contributed by atoms with E-state index in [0.29, 0.717) is 22.1 Å². The number of hydrogen-bond acceptors (Lipinski definition) is 3. The minimum Gasteiger partial charge on any atom is -0.479 e. The quantitative estimate of drug-likeness (QED) is 0.774. The predicted octanol–water partition coefficient (Wildman–Crippen LogP) is 3.50. The van der Waals surface area contributed by atoms with E-state index in [1.807, 2.05) is 0 Å².